The highest BCUT2D eigenvalue weighted by molar-refractivity contribution is 5.58. The molecule has 1 aromatic rings. The van der Waals surface area contributed by atoms with Gasteiger partial charge in [-0.3, -0.25) is 0 Å². The van der Waals surface area contributed by atoms with Crippen LogP contribution < -0.4 is 4.90 Å². The van der Waals surface area contributed by atoms with Crippen LogP contribution in [0.5, 0.6) is 0 Å². The summed E-state index contributed by atoms with van der Waals surface area (Å²) in [4.78, 5) is 16.8. The highest BCUT2D eigenvalue weighted by Crippen LogP contribution is 2.50. The van der Waals surface area contributed by atoms with E-state index >= 15 is 0 Å². The molecule has 0 N–H and O–H groups in total. The van der Waals surface area contributed by atoms with Crippen molar-refractivity contribution in [1.82, 2.24) is 0 Å². The Morgan fingerprint density at radius 2 is 2.24 bits per heavy atom. The van der Waals surface area contributed by atoms with Crippen molar-refractivity contribution in [3.05, 3.63) is 29.3 Å². The molecule has 17 heavy (non-hydrogen) atoms. The van der Waals surface area contributed by atoms with E-state index < -0.39 is 0 Å². The lowest BCUT2D eigenvalue weighted by Crippen LogP contribution is -2.24. The minimum absolute atomic E-state index is 0.229. The summed E-state index contributed by atoms with van der Waals surface area (Å²) >= 11 is 0. The number of anilines is 1. The molecule has 0 aromatic heterocycles. The predicted octanol–water partition coefficient (Wildman–Crippen LogP) is 2.39. The zero-order valence-electron chi connectivity index (χ0n) is 10.1. The lowest BCUT2D eigenvalue weighted by atomic mass is 9.96. The van der Waals surface area contributed by atoms with Crippen molar-refractivity contribution in [2.24, 2.45) is 4.99 Å². The van der Waals surface area contributed by atoms with Crippen LogP contribution in [0.4, 0.5) is 5.69 Å². The molecule has 3 rings (SSSR count). The first-order valence-corrected chi connectivity index (χ1v) is 6.19. The standard InChI is InChI=1S/C14H16N2O/c1-16-8-2-3-11-9-12(4-5-13(11)16)14(6-7-14)15-10-17/h4-5,9H,2-3,6-8H2,1H3. The maximum Gasteiger partial charge on any atom is 0.235 e. The summed E-state index contributed by atoms with van der Waals surface area (Å²) < 4.78 is 0. The van der Waals surface area contributed by atoms with Gasteiger partial charge in [-0.1, -0.05) is 12.1 Å². The second kappa shape index (κ2) is 3.71. The smallest absolute Gasteiger partial charge is 0.235 e. The van der Waals surface area contributed by atoms with Gasteiger partial charge in [0.05, 0.1) is 5.54 Å². The quantitative estimate of drug-likeness (QED) is 0.575. The number of carbonyl (C=O) groups excluding carboxylic acids is 1. The third-order valence-corrected chi connectivity index (χ3v) is 3.95. The Kier molecular flexibility index (Phi) is 2.30. The van der Waals surface area contributed by atoms with Gasteiger partial charge in [0.2, 0.25) is 6.08 Å². The average Bonchev–Trinajstić information content (AvgIpc) is 3.11. The Bertz CT molecular complexity index is 499. The summed E-state index contributed by atoms with van der Waals surface area (Å²) in [5.74, 6) is 0. The molecule has 1 heterocycles. The number of aryl methyl sites for hydroxylation is 1. The normalized spacial score (nSPS) is 20.4. The Balaban J connectivity index is 2.01. The van der Waals surface area contributed by atoms with E-state index in [4.69, 9.17) is 0 Å². The molecular formula is C14H16N2O. The molecule has 0 atom stereocenters. The molecule has 1 saturated carbocycles. The molecule has 3 nitrogen and oxygen atoms in total. The lowest BCUT2D eigenvalue weighted by molar-refractivity contribution is 0.556. The molecule has 1 fully saturated rings. The van der Waals surface area contributed by atoms with Crippen molar-refractivity contribution >= 4 is 11.8 Å². The number of benzene rings is 1. The van der Waals surface area contributed by atoms with E-state index in [9.17, 15) is 4.79 Å². The second-order valence-corrected chi connectivity index (χ2v) is 5.10. The maximum absolute atomic E-state index is 10.5. The summed E-state index contributed by atoms with van der Waals surface area (Å²) in [7, 11) is 2.13. The van der Waals surface area contributed by atoms with Crippen LogP contribution in [0, 0.1) is 0 Å². The van der Waals surface area contributed by atoms with Gasteiger partial charge < -0.3 is 4.90 Å². The zero-order valence-corrected chi connectivity index (χ0v) is 10.1. The van der Waals surface area contributed by atoms with E-state index in [0.717, 1.165) is 25.8 Å². The summed E-state index contributed by atoms with van der Waals surface area (Å²) in [6, 6.07) is 6.53. The van der Waals surface area contributed by atoms with E-state index in [1.165, 1.54) is 23.2 Å². The molecule has 1 aliphatic carbocycles. The van der Waals surface area contributed by atoms with Gasteiger partial charge in [0, 0.05) is 19.3 Å². The molecular weight excluding hydrogens is 212 g/mol. The van der Waals surface area contributed by atoms with Crippen molar-refractivity contribution < 1.29 is 4.79 Å². The van der Waals surface area contributed by atoms with Gasteiger partial charge in [0.1, 0.15) is 0 Å². The number of hydrogen-bond acceptors (Lipinski definition) is 3. The number of hydrogen-bond donors (Lipinski definition) is 0. The van der Waals surface area contributed by atoms with Crippen molar-refractivity contribution in [2.75, 3.05) is 18.5 Å². The maximum atomic E-state index is 10.5. The minimum Gasteiger partial charge on any atom is -0.374 e. The van der Waals surface area contributed by atoms with Crippen LogP contribution in [-0.2, 0) is 16.8 Å². The molecule has 0 radical (unpaired) electrons. The zero-order chi connectivity index (χ0) is 11.9. The first-order chi connectivity index (χ1) is 8.25. The van der Waals surface area contributed by atoms with Crippen LogP contribution in [-0.4, -0.2) is 19.7 Å². The van der Waals surface area contributed by atoms with Gasteiger partial charge in [-0.15, -0.1) is 0 Å². The summed E-state index contributed by atoms with van der Waals surface area (Å²) in [5.41, 5.74) is 3.68. The third kappa shape index (κ3) is 1.67. The SMILES string of the molecule is CN1CCCc2cc(C3(N=C=O)CC3)ccc21. The van der Waals surface area contributed by atoms with Crippen LogP contribution in [0.2, 0.25) is 0 Å². The van der Waals surface area contributed by atoms with E-state index in [-0.39, 0.29) is 5.54 Å². The Labute approximate surface area is 101 Å². The van der Waals surface area contributed by atoms with Crippen LogP contribution in [0.1, 0.15) is 30.4 Å². The van der Waals surface area contributed by atoms with E-state index in [1.807, 2.05) is 0 Å². The van der Waals surface area contributed by atoms with Crippen molar-refractivity contribution in [2.45, 2.75) is 31.2 Å². The van der Waals surface area contributed by atoms with Gasteiger partial charge in [0.15, 0.2) is 0 Å². The largest absolute Gasteiger partial charge is 0.374 e. The fourth-order valence-electron chi connectivity index (χ4n) is 2.75. The van der Waals surface area contributed by atoms with E-state index in [0.29, 0.717) is 0 Å². The first kappa shape index (κ1) is 10.5. The number of aliphatic imine (C=N–C) groups is 1. The topological polar surface area (TPSA) is 32.7 Å². The lowest BCUT2D eigenvalue weighted by Gasteiger charge is -2.28. The average molecular weight is 228 g/mol. The van der Waals surface area contributed by atoms with Gasteiger partial charge in [-0.05, 0) is 42.9 Å². The summed E-state index contributed by atoms with van der Waals surface area (Å²) in [5, 5.41) is 0. The minimum atomic E-state index is -0.229. The number of isocyanates is 1. The number of fused-ring (bicyclic) bond motifs is 1. The predicted molar refractivity (Wildman–Crippen MR) is 67.1 cm³/mol. The summed E-state index contributed by atoms with van der Waals surface area (Å²) in [6.07, 6.45) is 6.03. The molecule has 0 saturated heterocycles. The monoisotopic (exact) mass is 228 g/mol. The Hall–Kier alpha value is -1.60. The molecule has 0 spiro atoms. The van der Waals surface area contributed by atoms with E-state index in [1.54, 1.807) is 6.08 Å². The number of nitrogens with zero attached hydrogens (tertiary/aromatic N) is 2. The highest BCUT2D eigenvalue weighted by atomic mass is 16.1. The molecule has 0 amide bonds. The highest BCUT2D eigenvalue weighted by Gasteiger charge is 2.45. The Morgan fingerprint density at radius 1 is 1.41 bits per heavy atom. The van der Waals surface area contributed by atoms with Crippen LogP contribution in [0.3, 0.4) is 0 Å². The van der Waals surface area contributed by atoms with Crippen LogP contribution in [0.25, 0.3) is 0 Å². The molecule has 0 unspecified atom stereocenters. The third-order valence-electron chi connectivity index (χ3n) is 3.95. The van der Waals surface area contributed by atoms with Crippen molar-refractivity contribution in [3.63, 3.8) is 0 Å². The van der Waals surface area contributed by atoms with Gasteiger partial charge in [0.25, 0.3) is 0 Å². The molecule has 1 aromatic carbocycles. The molecule has 3 heteroatoms. The molecule has 1 aliphatic heterocycles. The number of rotatable bonds is 2. The van der Waals surface area contributed by atoms with E-state index in [2.05, 4.69) is 35.1 Å². The molecule has 0 bridgehead atoms. The summed E-state index contributed by atoms with van der Waals surface area (Å²) in [6.45, 7) is 1.13. The molecule has 88 valence electrons. The fraction of sp³-hybridized carbons (Fsp3) is 0.500. The van der Waals surface area contributed by atoms with Crippen LogP contribution >= 0.6 is 0 Å². The van der Waals surface area contributed by atoms with Crippen molar-refractivity contribution in [1.29, 1.82) is 0 Å². The van der Waals surface area contributed by atoms with Crippen LogP contribution in [0.15, 0.2) is 23.2 Å². The second-order valence-electron chi connectivity index (χ2n) is 5.10. The Morgan fingerprint density at radius 3 is 2.94 bits per heavy atom. The van der Waals surface area contributed by atoms with Crippen molar-refractivity contribution in [3.8, 4) is 0 Å². The molecule has 2 aliphatic rings. The van der Waals surface area contributed by atoms with Gasteiger partial charge in [-0.25, -0.2) is 4.79 Å². The van der Waals surface area contributed by atoms with Gasteiger partial charge >= 0.3 is 0 Å². The van der Waals surface area contributed by atoms with Gasteiger partial charge in [-0.2, -0.15) is 4.99 Å². The first-order valence-electron chi connectivity index (χ1n) is 6.19. The fourth-order valence-corrected chi connectivity index (χ4v) is 2.75.